The van der Waals surface area contributed by atoms with Crippen LogP contribution in [0.1, 0.15) is 87.1 Å². The third kappa shape index (κ3) is 4.38. The molecule has 1 aromatic rings. The number of carboxylic acid groups (broad SMARTS) is 1. The minimum absolute atomic E-state index is 0.0966. The number of nitrogens with one attached hydrogen (secondary N) is 2. The molecule has 0 radical (unpaired) electrons. The first-order valence-electron chi connectivity index (χ1n) is 14.3. The predicted octanol–water partition coefficient (Wildman–Crippen LogP) is 3.88. The van der Waals surface area contributed by atoms with Gasteiger partial charge in [0, 0.05) is 36.9 Å². The van der Waals surface area contributed by atoms with Crippen LogP contribution in [0.4, 0.5) is 4.39 Å². The van der Waals surface area contributed by atoms with Crippen molar-refractivity contribution in [1.29, 1.82) is 5.26 Å². The number of hydrogen-bond acceptors (Lipinski definition) is 6. The van der Waals surface area contributed by atoms with Crippen molar-refractivity contribution in [2.75, 3.05) is 7.11 Å². The summed E-state index contributed by atoms with van der Waals surface area (Å²) in [5.41, 5.74) is -1.87. The van der Waals surface area contributed by atoms with Gasteiger partial charge in [-0.05, 0) is 69.8 Å². The number of hydrogen-bond donors (Lipinski definition) is 3. The van der Waals surface area contributed by atoms with Crippen molar-refractivity contribution < 1.29 is 33.4 Å². The highest BCUT2D eigenvalue weighted by atomic mass is 19.1. The predicted molar refractivity (Wildman–Crippen MR) is 140 cm³/mol. The van der Waals surface area contributed by atoms with E-state index in [1.807, 2.05) is 0 Å². The molecule has 6 aliphatic rings. The molecule has 6 fully saturated rings. The molecule has 6 aliphatic carbocycles. The van der Waals surface area contributed by atoms with Crippen LogP contribution in [-0.2, 0) is 9.59 Å². The quantitative estimate of drug-likeness (QED) is 0.444. The first-order chi connectivity index (χ1) is 19.0. The van der Waals surface area contributed by atoms with Gasteiger partial charge in [-0.2, -0.15) is 5.26 Å². The maximum atomic E-state index is 14.0. The van der Waals surface area contributed by atoms with Gasteiger partial charge in [0.05, 0.1) is 35.7 Å². The molecule has 0 unspecified atom stereocenters. The maximum absolute atomic E-state index is 14.0. The Balaban J connectivity index is 1.18. The van der Waals surface area contributed by atoms with E-state index >= 15 is 0 Å². The molecule has 7 rings (SSSR count). The summed E-state index contributed by atoms with van der Waals surface area (Å²) in [7, 11) is 1.43. The number of amides is 2. The minimum atomic E-state index is -1.10. The number of nitrogens with zero attached hydrogens (tertiary/aromatic N) is 1. The van der Waals surface area contributed by atoms with Gasteiger partial charge in [0.1, 0.15) is 23.2 Å². The van der Waals surface area contributed by atoms with Crippen LogP contribution >= 0.6 is 0 Å². The molecule has 3 N–H and O–H groups in total. The van der Waals surface area contributed by atoms with Crippen LogP contribution in [0.25, 0.3) is 0 Å². The van der Waals surface area contributed by atoms with E-state index in [1.165, 1.54) is 19.2 Å². The van der Waals surface area contributed by atoms with Gasteiger partial charge < -0.3 is 25.2 Å². The molecule has 6 saturated carbocycles. The van der Waals surface area contributed by atoms with E-state index in [0.29, 0.717) is 44.9 Å². The fourth-order valence-corrected chi connectivity index (χ4v) is 8.08. The lowest BCUT2D eigenvalue weighted by Crippen LogP contribution is -2.77. The number of rotatable bonds is 8. The van der Waals surface area contributed by atoms with E-state index in [9.17, 15) is 29.1 Å². The number of carboxylic acids is 1. The molecule has 0 aromatic heterocycles. The molecule has 0 heterocycles. The van der Waals surface area contributed by atoms with Crippen molar-refractivity contribution >= 4 is 17.8 Å². The van der Waals surface area contributed by atoms with Crippen molar-refractivity contribution in [3.05, 3.63) is 23.3 Å². The summed E-state index contributed by atoms with van der Waals surface area (Å²) in [6.45, 7) is 1.73. The highest BCUT2D eigenvalue weighted by Crippen LogP contribution is 2.63. The van der Waals surface area contributed by atoms with E-state index in [0.717, 1.165) is 19.3 Å². The topological polar surface area (TPSA) is 138 Å². The largest absolute Gasteiger partial charge is 0.496 e. The summed E-state index contributed by atoms with van der Waals surface area (Å²) in [5, 5.41) is 25.5. The van der Waals surface area contributed by atoms with Crippen molar-refractivity contribution in [3.8, 4) is 17.6 Å². The fraction of sp³-hybridized carbons (Fsp3) is 0.667. The first kappa shape index (κ1) is 26.9. The smallest absolute Gasteiger partial charge is 0.309 e. The molecule has 10 heteroatoms. The second-order valence-corrected chi connectivity index (χ2v) is 13.2. The number of halogens is 1. The fourth-order valence-electron chi connectivity index (χ4n) is 8.08. The van der Waals surface area contributed by atoms with Crippen molar-refractivity contribution in [1.82, 2.24) is 10.6 Å². The summed E-state index contributed by atoms with van der Waals surface area (Å²) < 4.78 is 25.7. The van der Waals surface area contributed by atoms with Crippen LogP contribution in [0, 0.1) is 34.5 Å². The van der Waals surface area contributed by atoms with Gasteiger partial charge in [-0.25, -0.2) is 4.39 Å². The lowest BCUT2D eigenvalue weighted by atomic mass is 9.47. The van der Waals surface area contributed by atoms with Gasteiger partial charge in [-0.15, -0.1) is 0 Å². The second-order valence-electron chi connectivity index (χ2n) is 13.2. The molecule has 9 nitrogen and oxygen atoms in total. The normalized spacial score (nSPS) is 38.8. The molecule has 0 spiro atoms. The summed E-state index contributed by atoms with van der Waals surface area (Å²) in [5.74, 6) is -0.827. The van der Waals surface area contributed by atoms with E-state index in [2.05, 4.69) is 16.7 Å². The Morgan fingerprint density at radius 3 is 2.35 bits per heavy atom. The molecule has 2 amide bonds. The molecular formula is C30H36FN3O6. The summed E-state index contributed by atoms with van der Waals surface area (Å²) >= 11 is 0. The molecular weight excluding hydrogens is 517 g/mol. The highest BCUT2D eigenvalue weighted by molar-refractivity contribution is 5.98. The number of benzene rings is 1. The van der Waals surface area contributed by atoms with Crippen molar-refractivity contribution in [3.63, 3.8) is 0 Å². The summed E-state index contributed by atoms with van der Waals surface area (Å²) in [6, 6.07) is 4.77. The van der Waals surface area contributed by atoms with E-state index in [4.69, 9.17) is 9.47 Å². The van der Waals surface area contributed by atoms with Crippen LogP contribution < -0.4 is 20.1 Å². The average Bonchev–Trinajstić information content (AvgIpc) is 3.50. The Morgan fingerprint density at radius 1 is 1.07 bits per heavy atom. The molecule has 1 aromatic carbocycles. The Labute approximate surface area is 232 Å². The zero-order chi connectivity index (χ0) is 28.4. The van der Waals surface area contributed by atoms with Crippen LogP contribution in [0.3, 0.4) is 0 Å². The maximum Gasteiger partial charge on any atom is 0.309 e. The third-order valence-corrected chi connectivity index (χ3v) is 10.4. The van der Waals surface area contributed by atoms with Crippen LogP contribution in [0.15, 0.2) is 12.1 Å². The number of aliphatic carboxylic acids is 1. The number of methoxy groups -OCH3 is 1. The SMILES string of the molecule is COc1cc(C#N)c(OC2CCC(C)(C(=O)O)CC2)cc1C(=O)N[C@@H]1[C@@H]2CC[C@@H](C2)[C@@H]1C(=O)NC12CC(F)(C1)C2. The van der Waals surface area contributed by atoms with Gasteiger partial charge in [-0.3, -0.25) is 14.4 Å². The molecule has 4 bridgehead atoms. The minimum Gasteiger partial charge on any atom is -0.496 e. The number of alkyl halides is 1. The number of nitriles is 1. The number of fused-ring (bicyclic) bond motifs is 2. The average molecular weight is 554 g/mol. The number of carbonyl (C=O) groups excluding carboxylic acids is 2. The third-order valence-electron chi connectivity index (χ3n) is 10.4. The Morgan fingerprint density at radius 2 is 1.75 bits per heavy atom. The zero-order valence-electron chi connectivity index (χ0n) is 22.9. The van der Waals surface area contributed by atoms with Gasteiger partial charge in [0.2, 0.25) is 5.91 Å². The Hall–Kier alpha value is -3.35. The lowest BCUT2D eigenvalue weighted by molar-refractivity contribution is -0.177. The van der Waals surface area contributed by atoms with Crippen LogP contribution in [-0.4, -0.2) is 53.4 Å². The molecule has 40 heavy (non-hydrogen) atoms. The number of ether oxygens (including phenoxy) is 2. The van der Waals surface area contributed by atoms with Gasteiger partial charge >= 0.3 is 5.97 Å². The molecule has 0 saturated heterocycles. The van der Waals surface area contributed by atoms with Gasteiger partial charge in [-0.1, -0.05) is 0 Å². The van der Waals surface area contributed by atoms with Crippen LogP contribution in [0.2, 0.25) is 0 Å². The first-order valence-corrected chi connectivity index (χ1v) is 14.3. The summed E-state index contributed by atoms with van der Waals surface area (Å²) in [6.07, 6.45) is 5.58. The van der Waals surface area contributed by atoms with Crippen LogP contribution in [0.5, 0.6) is 11.5 Å². The molecule has 4 atom stereocenters. The standard InChI is InChI=1S/C30H36FN3O6/c1-28(27(37)38)7-5-19(6-8-28)40-21-11-20(22(39-2)10-18(21)12-32)25(35)33-24-17-4-3-16(9-17)23(24)26(36)34-30-13-29(31,14-30)15-30/h10-11,16-17,19,23-24H,3-9,13-15H2,1-2H3,(H,33,35)(H,34,36)(H,37,38)/t16-,17+,19?,23-,24+,28?,29?,30?/m0/s1. The monoisotopic (exact) mass is 553 g/mol. The van der Waals surface area contributed by atoms with Crippen molar-refractivity contribution in [2.45, 2.75) is 94.5 Å². The Kier molecular flexibility index (Phi) is 6.28. The van der Waals surface area contributed by atoms with Gasteiger partial charge in [0.25, 0.3) is 5.91 Å². The highest BCUT2D eigenvalue weighted by Gasteiger charge is 2.70. The van der Waals surface area contributed by atoms with E-state index in [1.54, 1.807) is 6.92 Å². The number of carbonyl (C=O) groups is 3. The second kappa shape index (κ2) is 9.35. The lowest BCUT2D eigenvalue weighted by Gasteiger charge is -2.66. The van der Waals surface area contributed by atoms with Gasteiger partial charge in [0.15, 0.2) is 0 Å². The zero-order valence-corrected chi connectivity index (χ0v) is 22.9. The molecule has 214 valence electrons. The Bertz CT molecular complexity index is 1280. The summed E-state index contributed by atoms with van der Waals surface area (Å²) in [4.78, 5) is 38.6. The van der Waals surface area contributed by atoms with Crippen molar-refractivity contribution in [2.24, 2.45) is 23.2 Å². The van der Waals surface area contributed by atoms with E-state index in [-0.39, 0.29) is 58.4 Å². The van der Waals surface area contributed by atoms with E-state index < -0.39 is 28.5 Å². The molecule has 0 aliphatic heterocycles.